The van der Waals surface area contributed by atoms with Crippen LogP contribution >= 0.6 is 0 Å². The van der Waals surface area contributed by atoms with Crippen LogP contribution in [0, 0.1) is 6.92 Å². The lowest BCUT2D eigenvalue weighted by atomic mass is 10.2. The second-order valence-electron chi connectivity index (χ2n) is 6.00. The summed E-state index contributed by atoms with van der Waals surface area (Å²) in [6, 6.07) is 15.9. The van der Waals surface area contributed by atoms with Crippen LogP contribution in [0.15, 0.2) is 48.5 Å². The van der Waals surface area contributed by atoms with Gasteiger partial charge in [-0.05, 0) is 50.2 Å². The van der Waals surface area contributed by atoms with Gasteiger partial charge in [-0.1, -0.05) is 30.3 Å². The summed E-state index contributed by atoms with van der Waals surface area (Å²) >= 11 is 0. The van der Waals surface area contributed by atoms with E-state index in [1.54, 1.807) is 0 Å². The summed E-state index contributed by atoms with van der Waals surface area (Å²) in [5.41, 5.74) is 2.26. The zero-order valence-corrected chi connectivity index (χ0v) is 14.7. The SMILES string of the molecule is CCOc1ccc(CN(C)CC(O)COc2ccccc2C)cc1. The molecule has 0 heterocycles. The minimum atomic E-state index is -0.530. The predicted molar refractivity (Wildman–Crippen MR) is 96.6 cm³/mol. The molecule has 4 nitrogen and oxygen atoms in total. The second-order valence-corrected chi connectivity index (χ2v) is 6.00. The quantitative estimate of drug-likeness (QED) is 0.767. The fourth-order valence-corrected chi connectivity index (χ4v) is 2.55. The Morgan fingerprint density at radius 3 is 2.42 bits per heavy atom. The number of hydrogen-bond donors (Lipinski definition) is 1. The van der Waals surface area contributed by atoms with Crippen LogP contribution in [0.3, 0.4) is 0 Å². The van der Waals surface area contributed by atoms with E-state index in [-0.39, 0.29) is 0 Å². The Balaban J connectivity index is 1.76. The normalized spacial score (nSPS) is 12.2. The molecule has 1 N–H and O–H groups in total. The van der Waals surface area contributed by atoms with E-state index < -0.39 is 6.10 Å². The molecule has 0 amide bonds. The van der Waals surface area contributed by atoms with Crippen molar-refractivity contribution in [2.75, 3.05) is 26.8 Å². The Bertz CT molecular complexity index is 613. The first-order chi connectivity index (χ1) is 11.6. The number of hydrogen-bond acceptors (Lipinski definition) is 4. The molecule has 2 rings (SSSR count). The molecule has 0 bridgehead atoms. The van der Waals surface area contributed by atoms with Crippen molar-refractivity contribution in [1.82, 2.24) is 4.90 Å². The zero-order valence-electron chi connectivity index (χ0n) is 14.7. The summed E-state index contributed by atoms with van der Waals surface area (Å²) in [6.45, 7) is 6.26. The molecule has 0 aliphatic rings. The van der Waals surface area contributed by atoms with Gasteiger partial charge in [0.05, 0.1) is 6.61 Å². The molecule has 0 saturated heterocycles. The molecule has 0 aliphatic heterocycles. The van der Waals surface area contributed by atoms with Gasteiger partial charge in [0.1, 0.15) is 24.2 Å². The van der Waals surface area contributed by atoms with Crippen molar-refractivity contribution in [2.45, 2.75) is 26.5 Å². The summed E-state index contributed by atoms with van der Waals surface area (Å²) < 4.78 is 11.1. The highest BCUT2D eigenvalue weighted by molar-refractivity contribution is 5.31. The number of aliphatic hydroxyl groups excluding tert-OH is 1. The number of benzene rings is 2. The van der Waals surface area contributed by atoms with Gasteiger partial charge in [0.15, 0.2) is 0 Å². The standard InChI is InChI=1S/C20H27NO3/c1-4-23-19-11-9-17(10-12-19)13-21(3)14-18(22)15-24-20-8-6-5-7-16(20)2/h5-12,18,22H,4,13-15H2,1-3H3. The highest BCUT2D eigenvalue weighted by Gasteiger charge is 2.10. The second kappa shape index (κ2) is 9.30. The number of likely N-dealkylation sites (N-methyl/N-ethyl adjacent to an activating group) is 1. The molecule has 0 aliphatic carbocycles. The lowest BCUT2D eigenvalue weighted by Gasteiger charge is -2.21. The van der Waals surface area contributed by atoms with Crippen molar-refractivity contribution < 1.29 is 14.6 Å². The number of ether oxygens (including phenoxy) is 2. The van der Waals surface area contributed by atoms with Crippen molar-refractivity contribution in [1.29, 1.82) is 0 Å². The average molecular weight is 329 g/mol. The van der Waals surface area contributed by atoms with Gasteiger partial charge in [0.2, 0.25) is 0 Å². The highest BCUT2D eigenvalue weighted by atomic mass is 16.5. The predicted octanol–water partition coefficient (Wildman–Crippen LogP) is 3.27. The van der Waals surface area contributed by atoms with Crippen molar-refractivity contribution in [2.24, 2.45) is 0 Å². The molecule has 4 heteroatoms. The first-order valence-corrected chi connectivity index (χ1v) is 8.35. The highest BCUT2D eigenvalue weighted by Crippen LogP contribution is 2.16. The van der Waals surface area contributed by atoms with Gasteiger partial charge in [-0.25, -0.2) is 0 Å². The van der Waals surface area contributed by atoms with E-state index in [2.05, 4.69) is 17.0 Å². The third-order valence-electron chi connectivity index (χ3n) is 3.73. The fourth-order valence-electron chi connectivity index (χ4n) is 2.55. The molecule has 1 atom stereocenters. The largest absolute Gasteiger partial charge is 0.494 e. The molecule has 2 aromatic rings. The molecular weight excluding hydrogens is 302 g/mol. The Morgan fingerprint density at radius 2 is 1.75 bits per heavy atom. The lowest BCUT2D eigenvalue weighted by Crippen LogP contribution is -2.32. The van der Waals surface area contributed by atoms with Crippen molar-refractivity contribution in [3.05, 3.63) is 59.7 Å². The van der Waals surface area contributed by atoms with Crippen molar-refractivity contribution >= 4 is 0 Å². The van der Waals surface area contributed by atoms with Crippen molar-refractivity contribution in [3.8, 4) is 11.5 Å². The van der Waals surface area contributed by atoms with Crippen molar-refractivity contribution in [3.63, 3.8) is 0 Å². The van der Waals surface area contributed by atoms with E-state index in [1.165, 1.54) is 5.56 Å². The zero-order chi connectivity index (χ0) is 17.4. The summed E-state index contributed by atoms with van der Waals surface area (Å²) in [5.74, 6) is 1.71. The first-order valence-electron chi connectivity index (χ1n) is 8.35. The Kier molecular flexibility index (Phi) is 7.09. The Labute approximate surface area is 144 Å². The summed E-state index contributed by atoms with van der Waals surface area (Å²) in [5, 5.41) is 10.2. The van der Waals surface area contributed by atoms with Crippen LogP contribution in [0.5, 0.6) is 11.5 Å². The van der Waals surface area contributed by atoms with Gasteiger partial charge in [-0.15, -0.1) is 0 Å². The van der Waals surface area contributed by atoms with Gasteiger partial charge >= 0.3 is 0 Å². The molecule has 24 heavy (non-hydrogen) atoms. The summed E-state index contributed by atoms with van der Waals surface area (Å²) in [4.78, 5) is 2.08. The maximum atomic E-state index is 10.2. The number of nitrogens with zero attached hydrogens (tertiary/aromatic N) is 1. The van der Waals surface area contributed by atoms with Gasteiger partial charge < -0.3 is 14.6 Å². The molecule has 0 saturated carbocycles. The van der Waals surface area contributed by atoms with Gasteiger partial charge in [0.25, 0.3) is 0 Å². The lowest BCUT2D eigenvalue weighted by molar-refractivity contribution is 0.0741. The maximum absolute atomic E-state index is 10.2. The van der Waals surface area contributed by atoms with E-state index in [9.17, 15) is 5.11 Å². The third-order valence-corrected chi connectivity index (χ3v) is 3.73. The van der Waals surface area contributed by atoms with E-state index in [0.717, 1.165) is 23.6 Å². The summed E-state index contributed by atoms with van der Waals surface area (Å²) in [6.07, 6.45) is -0.530. The van der Waals surface area contributed by atoms with Crippen LogP contribution in [0.4, 0.5) is 0 Å². The maximum Gasteiger partial charge on any atom is 0.122 e. The van der Waals surface area contributed by atoms with E-state index >= 15 is 0 Å². The molecular formula is C20H27NO3. The topological polar surface area (TPSA) is 41.9 Å². The van der Waals surface area contributed by atoms with Crippen LogP contribution in [0.25, 0.3) is 0 Å². The number of para-hydroxylation sites is 1. The Morgan fingerprint density at radius 1 is 1.04 bits per heavy atom. The minimum absolute atomic E-state index is 0.290. The van der Waals surface area contributed by atoms with Crippen LogP contribution in [-0.2, 0) is 6.54 Å². The monoisotopic (exact) mass is 329 g/mol. The minimum Gasteiger partial charge on any atom is -0.494 e. The van der Waals surface area contributed by atoms with Crippen LogP contribution in [0.2, 0.25) is 0 Å². The molecule has 1 unspecified atom stereocenters. The molecule has 0 aromatic heterocycles. The molecule has 130 valence electrons. The third kappa shape index (κ3) is 5.87. The fraction of sp³-hybridized carbons (Fsp3) is 0.400. The molecule has 0 spiro atoms. The number of aryl methyl sites for hydroxylation is 1. The van der Waals surface area contributed by atoms with Crippen LogP contribution in [-0.4, -0.2) is 42.9 Å². The van der Waals surface area contributed by atoms with Gasteiger partial charge in [-0.3, -0.25) is 4.90 Å². The molecule has 0 fully saturated rings. The van der Waals surface area contributed by atoms with E-state index in [1.807, 2.05) is 57.3 Å². The average Bonchev–Trinajstić information content (AvgIpc) is 2.56. The van der Waals surface area contributed by atoms with Crippen LogP contribution in [0.1, 0.15) is 18.1 Å². The smallest absolute Gasteiger partial charge is 0.122 e. The molecule has 0 radical (unpaired) electrons. The summed E-state index contributed by atoms with van der Waals surface area (Å²) in [7, 11) is 1.99. The number of aliphatic hydroxyl groups is 1. The van der Waals surface area contributed by atoms with E-state index in [0.29, 0.717) is 19.8 Å². The first kappa shape index (κ1) is 18.3. The van der Waals surface area contributed by atoms with E-state index in [4.69, 9.17) is 9.47 Å². The number of rotatable bonds is 9. The molecule has 2 aromatic carbocycles. The Hall–Kier alpha value is -2.04. The van der Waals surface area contributed by atoms with Gasteiger partial charge in [-0.2, -0.15) is 0 Å². The van der Waals surface area contributed by atoms with Crippen LogP contribution < -0.4 is 9.47 Å². The van der Waals surface area contributed by atoms with Gasteiger partial charge in [0, 0.05) is 13.1 Å².